The van der Waals surface area contributed by atoms with Crippen LogP contribution in [-0.2, 0) is 9.16 Å². The van der Waals surface area contributed by atoms with E-state index in [0.717, 1.165) is 0 Å². The molecule has 0 spiro atoms. The molecule has 0 bridgehead atoms. The minimum absolute atomic E-state index is 0.681. The average Bonchev–Trinajstić information content (AvgIpc) is 1.69. The topological polar surface area (TPSA) is 20.5 Å². The second-order valence-electron chi connectivity index (χ2n) is 1.01. The Morgan fingerprint density at radius 1 is 1.57 bits per heavy atom. The molecule has 0 aromatic carbocycles. The molecule has 0 aliphatic rings. The second kappa shape index (κ2) is 5.47. The van der Waals surface area contributed by atoms with Gasteiger partial charge in [-0.15, -0.1) is 0 Å². The first kappa shape index (κ1) is 6.47. The van der Waals surface area contributed by atoms with Gasteiger partial charge in [-0.1, -0.05) is 0 Å². The van der Waals surface area contributed by atoms with E-state index in [-0.39, 0.29) is 0 Å². The number of ether oxygens (including phenoxy) is 1. The van der Waals surface area contributed by atoms with Gasteiger partial charge in [0.05, 0.1) is 0 Å². The lowest BCUT2D eigenvalue weighted by atomic mass is 10.9. The predicted octanol–water partition coefficient (Wildman–Crippen LogP) is 0.735. The van der Waals surface area contributed by atoms with Crippen molar-refractivity contribution in [3.8, 4) is 0 Å². The molecule has 0 fully saturated rings. The smallest absolute Gasteiger partial charge is 0.325 e. The fraction of sp³-hybridized carbons (Fsp3) is 0.800. The summed E-state index contributed by atoms with van der Waals surface area (Å²) in [5, 5.41) is 0. The van der Waals surface area contributed by atoms with Gasteiger partial charge in [0, 0.05) is 0 Å². The first-order chi connectivity index (χ1) is 3.41. The third kappa shape index (κ3) is 5.47. The molecule has 42 valence electrons. The van der Waals surface area contributed by atoms with Crippen molar-refractivity contribution in [2.24, 2.45) is 0 Å². The van der Waals surface area contributed by atoms with Crippen LogP contribution in [0.2, 0.25) is 0 Å². The summed E-state index contributed by atoms with van der Waals surface area (Å²) in [6, 6.07) is 0. The summed E-state index contributed by atoms with van der Waals surface area (Å²) >= 11 is 0. The van der Waals surface area contributed by atoms with Gasteiger partial charge in [-0.25, -0.2) is 0 Å². The molecule has 0 atom stereocenters. The maximum absolute atomic E-state index is 4.73. The lowest BCUT2D eigenvalue weighted by molar-refractivity contribution is -0.456. The van der Waals surface area contributed by atoms with E-state index in [1.165, 1.54) is 6.47 Å². The van der Waals surface area contributed by atoms with Crippen LogP contribution in [0.25, 0.3) is 0 Å². The van der Waals surface area contributed by atoms with Gasteiger partial charge in [-0.05, 0) is 13.8 Å². The summed E-state index contributed by atoms with van der Waals surface area (Å²) in [6.45, 7) is 6.55. The van der Waals surface area contributed by atoms with E-state index < -0.39 is 0 Å². The molecule has 0 rings (SSSR count). The van der Waals surface area contributed by atoms with Crippen molar-refractivity contribution in [1.82, 2.24) is 0 Å². The van der Waals surface area contributed by atoms with Crippen LogP contribution in [0, 0.1) is 0 Å². The zero-order valence-electron chi connectivity index (χ0n) is 4.81. The molecule has 0 aliphatic heterocycles. The van der Waals surface area contributed by atoms with Gasteiger partial charge in [0.25, 0.3) is 0 Å². The minimum atomic E-state index is 0.681. The van der Waals surface area contributed by atoms with E-state index in [0.29, 0.717) is 13.2 Å². The van der Waals surface area contributed by atoms with Crippen LogP contribution in [0.5, 0.6) is 0 Å². The molecule has 2 heteroatoms. The lowest BCUT2D eigenvalue weighted by Crippen LogP contribution is -1.88. The van der Waals surface area contributed by atoms with Gasteiger partial charge in [0.1, 0.15) is 0 Å². The Balaban J connectivity index is 2.78. The summed E-state index contributed by atoms with van der Waals surface area (Å²) in [7, 11) is 0. The zero-order valence-corrected chi connectivity index (χ0v) is 4.81. The molecule has 0 aromatic rings. The van der Waals surface area contributed by atoms with Crippen LogP contribution >= 0.6 is 0 Å². The van der Waals surface area contributed by atoms with Crippen LogP contribution in [0.4, 0.5) is 0 Å². The Bertz CT molecular complexity index is 50.0. The van der Waals surface area contributed by atoms with E-state index in [2.05, 4.69) is 0 Å². The molecule has 0 saturated carbocycles. The van der Waals surface area contributed by atoms with Crippen molar-refractivity contribution < 1.29 is 9.16 Å². The van der Waals surface area contributed by atoms with Crippen LogP contribution in [0.3, 0.4) is 0 Å². The standard InChI is InChI=1S/C5H11O2/c1-3-6-5-7-4-2/h5H,3-4H2,1-2H3/q+1. The highest BCUT2D eigenvalue weighted by molar-refractivity contribution is 5.37. The molecule has 0 aliphatic carbocycles. The van der Waals surface area contributed by atoms with Gasteiger partial charge < -0.3 is 9.16 Å². The van der Waals surface area contributed by atoms with E-state index in [9.17, 15) is 0 Å². The first-order valence-electron chi connectivity index (χ1n) is 2.46. The maximum atomic E-state index is 4.73. The third-order valence-corrected chi connectivity index (χ3v) is 0.469. The number of hydrogen-bond donors (Lipinski definition) is 0. The molecule has 0 radical (unpaired) electrons. The maximum Gasteiger partial charge on any atom is 0.472 e. The van der Waals surface area contributed by atoms with Crippen LogP contribution in [-0.4, -0.2) is 19.7 Å². The number of rotatable bonds is 3. The Kier molecular flexibility index (Phi) is 5.06. The van der Waals surface area contributed by atoms with Crippen molar-refractivity contribution in [3.63, 3.8) is 0 Å². The van der Waals surface area contributed by atoms with E-state index in [1.54, 1.807) is 0 Å². The summed E-state index contributed by atoms with van der Waals surface area (Å²) in [5.41, 5.74) is 0. The van der Waals surface area contributed by atoms with Crippen molar-refractivity contribution in [2.45, 2.75) is 13.8 Å². The van der Waals surface area contributed by atoms with Crippen molar-refractivity contribution in [2.75, 3.05) is 13.2 Å². The molecule has 0 N–H and O–H groups in total. The highest BCUT2D eigenvalue weighted by Crippen LogP contribution is 1.60. The van der Waals surface area contributed by atoms with Gasteiger partial charge in [-0.3, -0.25) is 0 Å². The average molecular weight is 103 g/mol. The molecule has 0 saturated heterocycles. The fourth-order valence-electron chi connectivity index (χ4n) is 0.184. The Morgan fingerprint density at radius 2 is 2.29 bits per heavy atom. The Labute approximate surface area is 43.8 Å². The lowest BCUT2D eigenvalue weighted by Gasteiger charge is -1.74. The number of carbonyl (C=O) groups excluding carboxylic acids is 1. The van der Waals surface area contributed by atoms with Crippen LogP contribution in [0.1, 0.15) is 13.8 Å². The monoisotopic (exact) mass is 103 g/mol. The molecule has 0 aromatic heterocycles. The van der Waals surface area contributed by atoms with E-state index in [4.69, 9.17) is 9.16 Å². The van der Waals surface area contributed by atoms with Gasteiger partial charge in [-0.2, -0.15) is 0 Å². The molecule has 0 heterocycles. The second-order valence-corrected chi connectivity index (χ2v) is 1.01. The molecule has 0 amide bonds. The van der Waals surface area contributed by atoms with Gasteiger partial charge >= 0.3 is 6.47 Å². The van der Waals surface area contributed by atoms with Crippen molar-refractivity contribution >= 4 is 6.47 Å². The molecule has 2 nitrogen and oxygen atoms in total. The third-order valence-electron chi connectivity index (χ3n) is 0.469. The SMILES string of the molecule is CCOC=[O+]CC. The first-order valence-corrected chi connectivity index (χ1v) is 2.46. The molecular weight excluding hydrogens is 92.1 g/mol. The Hall–Kier alpha value is -0.530. The summed E-state index contributed by atoms with van der Waals surface area (Å²) in [5.74, 6) is 0. The van der Waals surface area contributed by atoms with E-state index >= 15 is 0 Å². The molecule has 0 unspecified atom stereocenters. The fourth-order valence-corrected chi connectivity index (χ4v) is 0.184. The minimum Gasteiger partial charge on any atom is -0.325 e. The highest BCUT2D eigenvalue weighted by Gasteiger charge is 1.79. The molecular formula is C5H11O2+. The molecule has 7 heavy (non-hydrogen) atoms. The predicted molar refractivity (Wildman–Crippen MR) is 28.2 cm³/mol. The van der Waals surface area contributed by atoms with Gasteiger partial charge in [0.2, 0.25) is 0 Å². The Morgan fingerprint density at radius 3 is 2.71 bits per heavy atom. The van der Waals surface area contributed by atoms with E-state index in [1.807, 2.05) is 13.8 Å². The van der Waals surface area contributed by atoms with Crippen LogP contribution in [0.15, 0.2) is 0 Å². The largest absolute Gasteiger partial charge is 0.472 e. The van der Waals surface area contributed by atoms with Gasteiger partial charge in [0.15, 0.2) is 13.2 Å². The number of hydrogen-bond acceptors (Lipinski definition) is 1. The quantitative estimate of drug-likeness (QED) is 0.381. The summed E-state index contributed by atoms with van der Waals surface area (Å²) < 4.78 is 9.45. The van der Waals surface area contributed by atoms with Crippen molar-refractivity contribution in [1.29, 1.82) is 0 Å². The van der Waals surface area contributed by atoms with Crippen LogP contribution < -0.4 is 0 Å². The summed E-state index contributed by atoms with van der Waals surface area (Å²) in [6.07, 6.45) is 0. The summed E-state index contributed by atoms with van der Waals surface area (Å²) in [4.78, 5) is 0. The highest BCUT2D eigenvalue weighted by atomic mass is 16.6. The van der Waals surface area contributed by atoms with Crippen molar-refractivity contribution in [3.05, 3.63) is 0 Å². The normalized spacial score (nSPS) is 10.0. The zero-order chi connectivity index (χ0) is 5.54.